The number of benzene rings is 1. The van der Waals surface area contributed by atoms with Crippen molar-refractivity contribution >= 4 is 0 Å². The lowest BCUT2D eigenvalue weighted by Crippen LogP contribution is -2.23. The van der Waals surface area contributed by atoms with Crippen molar-refractivity contribution in [2.24, 2.45) is 7.05 Å². The molecule has 0 saturated carbocycles. The lowest BCUT2D eigenvalue weighted by atomic mass is 9.99. The van der Waals surface area contributed by atoms with E-state index in [1.807, 2.05) is 27.1 Å². The largest absolute Gasteiger partial charge is 0.310 e. The average molecular weight is 279 g/mol. The molecule has 2 rings (SSSR count). The van der Waals surface area contributed by atoms with Crippen LogP contribution in [0.1, 0.15) is 29.8 Å². The quantitative estimate of drug-likeness (QED) is 0.912. The summed E-state index contributed by atoms with van der Waals surface area (Å²) in [5.74, 6) is -1.09. The molecule has 5 heteroatoms. The number of nitrogens with one attached hydrogen (secondary N) is 1. The summed E-state index contributed by atoms with van der Waals surface area (Å²) in [6, 6.07) is 3.63. The van der Waals surface area contributed by atoms with E-state index < -0.39 is 11.6 Å². The van der Waals surface area contributed by atoms with Crippen molar-refractivity contribution in [2.75, 3.05) is 6.54 Å². The molecular weight excluding hydrogens is 260 g/mol. The van der Waals surface area contributed by atoms with E-state index >= 15 is 0 Å². The first kappa shape index (κ1) is 14.7. The van der Waals surface area contributed by atoms with Crippen LogP contribution in [0.15, 0.2) is 24.4 Å². The van der Waals surface area contributed by atoms with Gasteiger partial charge in [-0.15, -0.1) is 0 Å². The van der Waals surface area contributed by atoms with Gasteiger partial charge in [0.2, 0.25) is 0 Å². The number of aromatic nitrogens is 2. The normalized spacial score (nSPS) is 12.7. The molecule has 0 aliphatic carbocycles. The van der Waals surface area contributed by atoms with Gasteiger partial charge in [-0.2, -0.15) is 5.10 Å². The fourth-order valence-corrected chi connectivity index (χ4v) is 2.46. The number of likely N-dealkylation sites (N-methyl/N-ethyl adjacent to an activating group) is 1. The van der Waals surface area contributed by atoms with Gasteiger partial charge in [-0.25, -0.2) is 8.78 Å². The minimum Gasteiger partial charge on any atom is -0.310 e. The van der Waals surface area contributed by atoms with Gasteiger partial charge in [-0.05, 0) is 37.6 Å². The van der Waals surface area contributed by atoms with Crippen LogP contribution in [-0.2, 0) is 13.5 Å². The minimum atomic E-state index is -0.543. The van der Waals surface area contributed by atoms with E-state index in [9.17, 15) is 8.78 Å². The topological polar surface area (TPSA) is 29.9 Å². The monoisotopic (exact) mass is 279 g/mol. The highest BCUT2D eigenvalue weighted by molar-refractivity contribution is 5.25. The molecule has 1 aromatic carbocycles. The number of halogens is 2. The molecule has 0 saturated heterocycles. The van der Waals surface area contributed by atoms with Crippen LogP contribution in [0.5, 0.6) is 0 Å². The molecule has 3 nitrogen and oxygen atoms in total. The molecule has 0 bridgehead atoms. The second-order valence-electron chi connectivity index (χ2n) is 4.94. The molecule has 20 heavy (non-hydrogen) atoms. The average Bonchev–Trinajstić information content (AvgIpc) is 2.66. The summed E-state index contributed by atoms with van der Waals surface area (Å²) in [5.41, 5.74) is 2.62. The van der Waals surface area contributed by atoms with E-state index in [0.717, 1.165) is 23.9 Å². The second kappa shape index (κ2) is 6.13. The Morgan fingerprint density at radius 1 is 1.25 bits per heavy atom. The molecule has 1 aromatic heterocycles. The van der Waals surface area contributed by atoms with Crippen LogP contribution < -0.4 is 5.32 Å². The first-order valence-corrected chi connectivity index (χ1v) is 6.68. The maximum Gasteiger partial charge on any atom is 0.126 e. The molecule has 1 unspecified atom stereocenters. The lowest BCUT2D eigenvalue weighted by Gasteiger charge is -2.17. The fourth-order valence-electron chi connectivity index (χ4n) is 2.46. The molecule has 0 amide bonds. The van der Waals surface area contributed by atoms with Crippen molar-refractivity contribution in [2.45, 2.75) is 26.3 Å². The van der Waals surface area contributed by atoms with Gasteiger partial charge in [-0.3, -0.25) is 4.68 Å². The first-order chi connectivity index (χ1) is 9.49. The van der Waals surface area contributed by atoms with Gasteiger partial charge in [0, 0.05) is 30.9 Å². The van der Waals surface area contributed by atoms with Gasteiger partial charge >= 0.3 is 0 Å². The smallest absolute Gasteiger partial charge is 0.126 e. The Morgan fingerprint density at radius 2 is 1.90 bits per heavy atom. The van der Waals surface area contributed by atoms with Crippen molar-refractivity contribution < 1.29 is 8.78 Å². The van der Waals surface area contributed by atoms with Crippen LogP contribution in [0.2, 0.25) is 0 Å². The van der Waals surface area contributed by atoms with Gasteiger partial charge in [0.05, 0.1) is 5.69 Å². The van der Waals surface area contributed by atoms with Crippen molar-refractivity contribution in [1.29, 1.82) is 0 Å². The van der Waals surface area contributed by atoms with Gasteiger partial charge in [0.25, 0.3) is 0 Å². The van der Waals surface area contributed by atoms with Gasteiger partial charge in [-0.1, -0.05) is 6.92 Å². The third-order valence-corrected chi connectivity index (χ3v) is 3.24. The molecular formula is C15H19F2N3. The Bertz CT molecular complexity index is 573. The van der Waals surface area contributed by atoms with Gasteiger partial charge in [0.15, 0.2) is 0 Å². The summed E-state index contributed by atoms with van der Waals surface area (Å²) in [6.07, 6.45) is 2.47. The third kappa shape index (κ3) is 3.42. The molecule has 1 atom stereocenters. The Hall–Kier alpha value is -1.75. The van der Waals surface area contributed by atoms with E-state index in [1.165, 1.54) is 12.1 Å². The first-order valence-electron chi connectivity index (χ1n) is 6.68. The van der Waals surface area contributed by atoms with Gasteiger partial charge in [0.1, 0.15) is 11.6 Å². The fraction of sp³-hybridized carbons (Fsp3) is 0.400. The zero-order valence-electron chi connectivity index (χ0n) is 12.0. The molecule has 0 spiro atoms. The molecule has 2 aromatic rings. The van der Waals surface area contributed by atoms with Crippen molar-refractivity contribution in [3.8, 4) is 0 Å². The van der Waals surface area contributed by atoms with E-state index in [4.69, 9.17) is 0 Å². The maximum absolute atomic E-state index is 13.3. The Labute approximate surface area is 117 Å². The number of aryl methyl sites for hydroxylation is 2. The predicted molar refractivity (Wildman–Crippen MR) is 74.4 cm³/mol. The van der Waals surface area contributed by atoms with E-state index in [-0.39, 0.29) is 6.04 Å². The highest BCUT2D eigenvalue weighted by Gasteiger charge is 2.17. The molecule has 0 radical (unpaired) electrons. The zero-order valence-corrected chi connectivity index (χ0v) is 12.0. The summed E-state index contributed by atoms with van der Waals surface area (Å²) >= 11 is 0. The van der Waals surface area contributed by atoms with Crippen molar-refractivity contribution in [1.82, 2.24) is 15.1 Å². The number of hydrogen-bond donors (Lipinski definition) is 1. The summed E-state index contributed by atoms with van der Waals surface area (Å²) < 4.78 is 28.3. The van der Waals surface area contributed by atoms with Crippen LogP contribution in [0.4, 0.5) is 8.78 Å². The SMILES string of the molecule is CCNC(Cc1cc(F)cc(F)c1)c1cn(C)nc1C. The van der Waals surface area contributed by atoms with Crippen LogP contribution >= 0.6 is 0 Å². The van der Waals surface area contributed by atoms with Crippen molar-refractivity contribution in [3.05, 3.63) is 52.9 Å². The molecule has 0 aliphatic rings. The number of rotatable bonds is 5. The summed E-state index contributed by atoms with van der Waals surface area (Å²) in [4.78, 5) is 0. The molecule has 0 aliphatic heterocycles. The molecule has 108 valence electrons. The minimum absolute atomic E-state index is 0.00472. The standard InChI is InChI=1S/C15H19F2N3/c1-4-18-15(14-9-20(3)19-10(14)2)7-11-5-12(16)8-13(17)6-11/h5-6,8-9,15,18H,4,7H2,1-3H3. The van der Waals surface area contributed by atoms with E-state index in [0.29, 0.717) is 12.0 Å². The Kier molecular flexibility index (Phi) is 4.49. The maximum atomic E-state index is 13.3. The van der Waals surface area contributed by atoms with Crippen LogP contribution in [0.25, 0.3) is 0 Å². The van der Waals surface area contributed by atoms with E-state index in [1.54, 1.807) is 4.68 Å². The highest BCUT2D eigenvalue weighted by Crippen LogP contribution is 2.22. The van der Waals surface area contributed by atoms with Gasteiger partial charge < -0.3 is 5.32 Å². The lowest BCUT2D eigenvalue weighted by molar-refractivity contribution is 0.537. The van der Waals surface area contributed by atoms with Crippen LogP contribution in [0, 0.1) is 18.6 Å². The summed E-state index contributed by atoms with van der Waals surface area (Å²) in [7, 11) is 1.86. The van der Waals surface area contributed by atoms with Crippen LogP contribution in [0.3, 0.4) is 0 Å². The Balaban J connectivity index is 2.27. The molecule has 0 fully saturated rings. The predicted octanol–water partition coefficient (Wildman–Crippen LogP) is 2.90. The molecule has 1 N–H and O–H groups in total. The Morgan fingerprint density at radius 3 is 2.40 bits per heavy atom. The zero-order chi connectivity index (χ0) is 14.7. The number of hydrogen-bond acceptors (Lipinski definition) is 2. The highest BCUT2D eigenvalue weighted by atomic mass is 19.1. The summed E-state index contributed by atoms with van der Waals surface area (Å²) in [5, 5.41) is 7.66. The number of nitrogens with zero attached hydrogens (tertiary/aromatic N) is 2. The van der Waals surface area contributed by atoms with Crippen LogP contribution in [-0.4, -0.2) is 16.3 Å². The third-order valence-electron chi connectivity index (χ3n) is 3.24. The van der Waals surface area contributed by atoms with Crippen molar-refractivity contribution in [3.63, 3.8) is 0 Å². The second-order valence-corrected chi connectivity index (χ2v) is 4.94. The van der Waals surface area contributed by atoms with E-state index in [2.05, 4.69) is 10.4 Å². The molecule has 1 heterocycles. The summed E-state index contributed by atoms with van der Waals surface area (Å²) in [6.45, 7) is 4.72.